The predicted molar refractivity (Wildman–Crippen MR) is 134 cm³/mol. The van der Waals surface area contributed by atoms with Crippen LogP contribution in [0.2, 0.25) is 5.02 Å². The van der Waals surface area contributed by atoms with Crippen LogP contribution in [-0.4, -0.2) is 26.9 Å². The number of halogens is 2. The first-order valence-electron chi connectivity index (χ1n) is 10.6. The summed E-state index contributed by atoms with van der Waals surface area (Å²) < 4.78 is 43.4. The molecular weight excluding hydrogens is 495 g/mol. The van der Waals surface area contributed by atoms with Crippen molar-refractivity contribution in [3.63, 3.8) is 0 Å². The van der Waals surface area contributed by atoms with E-state index in [-0.39, 0.29) is 23.5 Å². The molecule has 1 saturated heterocycles. The number of anilines is 1. The van der Waals surface area contributed by atoms with Crippen LogP contribution in [-0.2, 0) is 14.8 Å². The Morgan fingerprint density at radius 2 is 1.82 bits per heavy atom. The van der Waals surface area contributed by atoms with Crippen LogP contribution in [0.1, 0.15) is 12.0 Å². The molecule has 0 radical (unpaired) electrons. The van der Waals surface area contributed by atoms with Crippen LogP contribution in [0.3, 0.4) is 0 Å². The van der Waals surface area contributed by atoms with Crippen molar-refractivity contribution in [1.82, 2.24) is 4.72 Å². The fourth-order valence-corrected chi connectivity index (χ4v) is 6.44. The Bertz CT molecular complexity index is 1530. The number of aryl methyl sites for hydroxylation is 1. The molecule has 1 atom stereocenters. The highest BCUT2D eigenvalue weighted by Crippen LogP contribution is 2.32. The molecule has 1 aliphatic heterocycles. The van der Waals surface area contributed by atoms with E-state index in [2.05, 4.69) is 4.72 Å². The Labute approximate surface area is 205 Å². The van der Waals surface area contributed by atoms with E-state index >= 15 is 0 Å². The van der Waals surface area contributed by atoms with Crippen LogP contribution in [0, 0.1) is 12.7 Å². The number of fused-ring (bicyclic) bond motifs is 1. The van der Waals surface area contributed by atoms with Crippen molar-refractivity contribution in [3.8, 4) is 10.4 Å². The van der Waals surface area contributed by atoms with E-state index in [1.165, 1.54) is 34.4 Å². The van der Waals surface area contributed by atoms with Crippen LogP contribution >= 0.6 is 22.9 Å². The van der Waals surface area contributed by atoms with Crippen molar-refractivity contribution in [1.29, 1.82) is 0 Å². The third kappa shape index (κ3) is 4.34. The monoisotopic (exact) mass is 514 g/mol. The number of hydrogen-bond acceptors (Lipinski definition) is 4. The zero-order chi connectivity index (χ0) is 24.0. The summed E-state index contributed by atoms with van der Waals surface area (Å²) in [6.07, 6.45) is 0.243. The van der Waals surface area contributed by atoms with Gasteiger partial charge in [-0.05, 0) is 83.1 Å². The van der Waals surface area contributed by atoms with Crippen molar-refractivity contribution < 1.29 is 17.6 Å². The van der Waals surface area contributed by atoms with E-state index in [1.54, 1.807) is 36.4 Å². The Kier molecular flexibility index (Phi) is 5.93. The summed E-state index contributed by atoms with van der Waals surface area (Å²) >= 11 is 7.52. The van der Waals surface area contributed by atoms with Gasteiger partial charge in [0.2, 0.25) is 15.9 Å². The molecule has 1 aromatic heterocycles. The highest BCUT2D eigenvalue weighted by Gasteiger charge is 2.36. The number of thiophene rings is 1. The van der Waals surface area contributed by atoms with Gasteiger partial charge in [0.25, 0.3) is 0 Å². The van der Waals surface area contributed by atoms with Crippen LogP contribution in [0.25, 0.3) is 21.2 Å². The number of hydrogen-bond donors (Lipinski definition) is 1. The van der Waals surface area contributed by atoms with Crippen LogP contribution < -0.4 is 9.62 Å². The molecule has 0 bridgehead atoms. The van der Waals surface area contributed by atoms with Gasteiger partial charge in [-0.25, -0.2) is 12.8 Å². The number of nitrogens with zero attached hydrogens (tertiary/aromatic N) is 1. The van der Waals surface area contributed by atoms with E-state index in [4.69, 9.17) is 11.6 Å². The molecule has 1 aliphatic rings. The second-order valence-electron chi connectivity index (χ2n) is 8.26. The zero-order valence-electron chi connectivity index (χ0n) is 18.1. The standard InChI is InChI=1S/C25H20ClFN2O3S2/c1-15-10-24(33-14-15)18-4-7-23(21(27)13-18)29-9-8-22(25(29)30)28-34(31,32)20-6-3-16-11-19(26)5-2-17(16)12-20/h2-7,10-14,22,28H,8-9H2,1H3/t22-/m0/s1. The molecule has 0 saturated carbocycles. The molecule has 0 aliphatic carbocycles. The first kappa shape index (κ1) is 23.0. The molecule has 3 aromatic carbocycles. The zero-order valence-corrected chi connectivity index (χ0v) is 20.5. The molecule has 0 unspecified atom stereocenters. The quantitative estimate of drug-likeness (QED) is 0.368. The minimum atomic E-state index is -3.96. The maximum absolute atomic E-state index is 14.9. The Morgan fingerprint density at radius 1 is 1.06 bits per heavy atom. The first-order valence-corrected chi connectivity index (χ1v) is 13.3. The maximum Gasteiger partial charge on any atom is 0.245 e. The fourth-order valence-electron chi connectivity index (χ4n) is 4.11. The Hall–Kier alpha value is -2.78. The molecule has 1 fully saturated rings. The van der Waals surface area contributed by atoms with Crippen molar-refractivity contribution in [2.75, 3.05) is 11.4 Å². The number of benzene rings is 3. The number of rotatable bonds is 5. The Morgan fingerprint density at radius 3 is 2.56 bits per heavy atom. The van der Waals surface area contributed by atoms with Gasteiger partial charge in [0.05, 0.1) is 10.6 Å². The summed E-state index contributed by atoms with van der Waals surface area (Å²) in [5.74, 6) is -0.997. The Balaban J connectivity index is 1.35. The van der Waals surface area contributed by atoms with Gasteiger partial charge in [-0.1, -0.05) is 29.8 Å². The van der Waals surface area contributed by atoms with Gasteiger partial charge in [0.1, 0.15) is 11.9 Å². The smallest absolute Gasteiger partial charge is 0.245 e. The summed E-state index contributed by atoms with van der Waals surface area (Å²) in [4.78, 5) is 15.3. The van der Waals surface area contributed by atoms with Gasteiger partial charge in [0, 0.05) is 16.4 Å². The minimum absolute atomic E-state index is 0.0512. The van der Waals surface area contributed by atoms with Crippen LogP contribution in [0.4, 0.5) is 10.1 Å². The van der Waals surface area contributed by atoms with Gasteiger partial charge < -0.3 is 4.90 Å². The van der Waals surface area contributed by atoms with E-state index in [1.807, 2.05) is 18.4 Å². The van der Waals surface area contributed by atoms with Gasteiger partial charge >= 0.3 is 0 Å². The lowest BCUT2D eigenvalue weighted by Crippen LogP contribution is -2.41. The van der Waals surface area contributed by atoms with Crippen molar-refractivity contribution >= 4 is 55.3 Å². The summed E-state index contributed by atoms with van der Waals surface area (Å²) in [6.45, 7) is 2.19. The van der Waals surface area contributed by atoms with Crippen LogP contribution in [0.15, 0.2) is 70.9 Å². The first-order chi connectivity index (χ1) is 16.2. The average molecular weight is 515 g/mol. The summed E-state index contributed by atoms with van der Waals surface area (Å²) in [5.41, 5.74) is 1.98. The minimum Gasteiger partial charge on any atom is -0.308 e. The molecule has 174 valence electrons. The number of sulfonamides is 1. The van der Waals surface area contributed by atoms with Crippen molar-refractivity contribution in [2.24, 2.45) is 0 Å². The molecule has 1 amide bonds. The summed E-state index contributed by atoms with van der Waals surface area (Å²) in [5, 5.41) is 4.08. The summed E-state index contributed by atoms with van der Waals surface area (Å²) in [7, 11) is -3.96. The molecule has 2 heterocycles. The average Bonchev–Trinajstić information content (AvgIpc) is 3.39. The van der Waals surface area contributed by atoms with E-state index in [0.717, 1.165) is 26.8 Å². The lowest BCUT2D eigenvalue weighted by molar-refractivity contribution is -0.118. The van der Waals surface area contributed by atoms with E-state index in [9.17, 15) is 17.6 Å². The molecule has 4 aromatic rings. The summed E-state index contributed by atoms with van der Waals surface area (Å²) in [6, 6.07) is 15.6. The molecule has 34 heavy (non-hydrogen) atoms. The molecule has 0 spiro atoms. The predicted octanol–water partition coefficient (Wildman–Crippen LogP) is 5.75. The lowest BCUT2D eigenvalue weighted by atomic mass is 10.1. The van der Waals surface area contributed by atoms with E-state index in [0.29, 0.717) is 5.02 Å². The molecule has 9 heteroatoms. The highest BCUT2D eigenvalue weighted by molar-refractivity contribution is 7.89. The second-order valence-corrected chi connectivity index (χ2v) is 11.3. The number of nitrogens with one attached hydrogen (secondary N) is 1. The molecule has 1 N–H and O–H groups in total. The van der Waals surface area contributed by atoms with Crippen molar-refractivity contribution in [2.45, 2.75) is 24.3 Å². The molecule has 5 rings (SSSR count). The third-order valence-corrected chi connectivity index (χ3v) is 8.64. The van der Waals surface area contributed by atoms with Crippen molar-refractivity contribution in [3.05, 3.63) is 82.4 Å². The normalized spacial score (nSPS) is 16.5. The molecule has 5 nitrogen and oxygen atoms in total. The SMILES string of the molecule is Cc1csc(-c2ccc(N3CC[C@H](NS(=O)(=O)c4ccc5cc(Cl)ccc5c4)C3=O)c(F)c2)c1. The highest BCUT2D eigenvalue weighted by atomic mass is 35.5. The van der Waals surface area contributed by atoms with Gasteiger partial charge in [-0.2, -0.15) is 4.72 Å². The van der Waals surface area contributed by atoms with Gasteiger partial charge in [-0.3, -0.25) is 4.79 Å². The third-order valence-electron chi connectivity index (χ3n) is 5.84. The largest absolute Gasteiger partial charge is 0.308 e. The second kappa shape index (κ2) is 8.78. The number of amides is 1. The fraction of sp³-hybridized carbons (Fsp3) is 0.160. The topological polar surface area (TPSA) is 66.5 Å². The molecular formula is C25H20ClFN2O3S2. The van der Waals surface area contributed by atoms with E-state index < -0.39 is 27.8 Å². The van der Waals surface area contributed by atoms with Crippen LogP contribution in [0.5, 0.6) is 0 Å². The number of carbonyl (C=O) groups excluding carboxylic acids is 1. The maximum atomic E-state index is 14.9. The number of carbonyl (C=O) groups is 1. The van der Waals surface area contributed by atoms with Gasteiger partial charge in [0.15, 0.2) is 0 Å². The van der Waals surface area contributed by atoms with Gasteiger partial charge in [-0.15, -0.1) is 11.3 Å². The lowest BCUT2D eigenvalue weighted by Gasteiger charge is -2.18.